The number of nitrogens with zero attached hydrogens (tertiary/aromatic N) is 1. The fraction of sp³-hybridized carbons (Fsp3) is 0.375. The van der Waals surface area contributed by atoms with Gasteiger partial charge in [0.1, 0.15) is 0 Å². The molecule has 2 N–H and O–H groups in total. The van der Waals surface area contributed by atoms with Crippen LogP contribution in [-0.2, 0) is 0 Å². The first-order valence-corrected chi connectivity index (χ1v) is 3.65. The molecular formula is C8H13N3. The summed E-state index contributed by atoms with van der Waals surface area (Å²) in [5.41, 5.74) is 1.17. The smallest absolute Gasteiger partial charge is 0.0535 e. The molecule has 0 saturated carbocycles. The fourth-order valence-corrected chi connectivity index (χ4v) is 1.04. The Kier molecular flexibility index (Phi) is 2.86. The zero-order chi connectivity index (χ0) is 8.10. The van der Waals surface area contributed by atoms with Gasteiger partial charge < -0.3 is 5.32 Å². The van der Waals surface area contributed by atoms with Crippen LogP contribution in [0.25, 0.3) is 0 Å². The summed E-state index contributed by atoms with van der Waals surface area (Å²) in [5, 5.41) is 9.83. The Morgan fingerprint density at radius 3 is 3.18 bits per heavy atom. The second-order valence-corrected chi connectivity index (χ2v) is 2.40. The van der Waals surface area contributed by atoms with Gasteiger partial charge in [-0.25, -0.2) is 0 Å². The lowest BCUT2D eigenvalue weighted by atomic mass is 10.1. The lowest BCUT2D eigenvalue weighted by Crippen LogP contribution is -2.14. The predicted molar refractivity (Wildman–Crippen MR) is 45.2 cm³/mol. The van der Waals surface area contributed by atoms with E-state index in [0.717, 1.165) is 6.42 Å². The quantitative estimate of drug-likeness (QED) is 0.636. The van der Waals surface area contributed by atoms with E-state index in [4.69, 9.17) is 0 Å². The van der Waals surface area contributed by atoms with Gasteiger partial charge in [0.25, 0.3) is 0 Å². The lowest BCUT2D eigenvalue weighted by molar-refractivity contribution is 0.604. The maximum atomic E-state index is 3.87. The van der Waals surface area contributed by atoms with Gasteiger partial charge in [-0.1, -0.05) is 6.08 Å². The average Bonchev–Trinajstić information content (AvgIpc) is 2.52. The molecule has 0 saturated heterocycles. The maximum Gasteiger partial charge on any atom is 0.0535 e. The van der Waals surface area contributed by atoms with Gasteiger partial charge in [0.05, 0.1) is 6.20 Å². The van der Waals surface area contributed by atoms with Gasteiger partial charge in [-0.05, 0) is 13.5 Å². The molecule has 1 unspecified atom stereocenters. The molecule has 0 radical (unpaired) electrons. The number of nitrogens with one attached hydrogen (secondary N) is 2. The molecule has 0 aliphatic carbocycles. The Bertz CT molecular complexity index is 203. The molecule has 0 bridgehead atoms. The Labute approximate surface area is 66.5 Å². The standard InChI is InChI=1S/C8H13N3/c1-3-4-8(9-2)7-5-10-11-6-7/h3,5-6,8-9H,1,4H2,2H3,(H,10,11). The molecule has 0 aromatic carbocycles. The molecule has 1 aromatic rings. The first-order chi connectivity index (χ1) is 5.38. The minimum absolute atomic E-state index is 0.339. The summed E-state index contributed by atoms with van der Waals surface area (Å²) in [6, 6.07) is 0.339. The summed E-state index contributed by atoms with van der Waals surface area (Å²) in [7, 11) is 1.93. The normalized spacial score (nSPS) is 12.8. The molecule has 0 aliphatic rings. The van der Waals surface area contributed by atoms with Crippen molar-refractivity contribution in [1.29, 1.82) is 0 Å². The van der Waals surface area contributed by atoms with Crippen molar-refractivity contribution >= 4 is 0 Å². The highest BCUT2D eigenvalue weighted by molar-refractivity contribution is 5.10. The summed E-state index contributed by atoms with van der Waals surface area (Å²) in [6.07, 6.45) is 6.54. The molecule has 1 heterocycles. The highest BCUT2D eigenvalue weighted by Gasteiger charge is 2.06. The van der Waals surface area contributed by atoms with Gasteiger partial charge in [-0.2, -0.15) is 5.10 Å². The van der Waals surface area contributed by atoms with Gasteiger partial charge in [-0.15, -0.1) is 6.58 Å². The summed E-state index contributed by atoms with van der Waals surface area (Å²) in [5.74, 6) is 0. The summed E-state index contributed by atoms with van der Waals surface area (Å²) in [6.45, 7) is 3.69. The molecule has 1 rings (SSSR count). The van der Waals surface area contributed by atoms with E-state index < -0.39 is 0 Å². The molecule has 11 heavy (non-hydrogen) atoms. The molecule has 0 fully saturated rings. The van der Waals surface area contributed by atoms with Gasteiger partial charge in [0.15, 0.2) is 0 Å². The summed E-state index contributed by atoms with van der Waals surface area (Å²) in [4.78, 5) is 0. The van der Waals surface area contributed by atoms with Crippen LogP contribution >= 0.6 is 0 Å². The SMILES string of the molecule is C=CCC(NC)c1cn[nH]c1. The number of hydrogen-bond donors (Lipinski definition) is 2. The lowest BCUT2D eigenvalue weighted by Gasteiger charge is -2.10. The van der Waals surface area contributed by atoms with Gasteiger partial charge in [-0.3, -0.25) is 5.10 Å². The van der Waals surface area contributed by atoms with Crippen LogP contribution in [0, 0.1) is 0 Å². The second-order valence-electron chi connectivity index (χ2n) is 2.40. The number of aromatic amines is 1. The van der Waals surface area contributed by atoms with Crippen LogP contribution in [0.5, 0.6) is 0 Å². The fourth-order valence-electron chi connectivity index (χ4n) is 1.04. The third-order valence-electron chi connectivity index (χ3n) is 1.67. The highest BCUT2D eigenvalue weighted by atomic mass is 15.1. The van der Waals surface area contributed by atoms with Crippen LogP contribution in [0.4, 0.5) is 0 Å². The minimum atomic E-state index is 0.339. The Morgan fingerprint density at radius 2 is 2.73 bits per heavy atom. The van der Waals surface area contributed by atoms with E-state index in [1.54, 1.807) is 0 Å². The van der Waals surface area contributed by atoms with Gasteiger partial charge >= 0.3 is 0 Å². The van der Waals surface area contributed by atoms with E-state index >= 15 is 0 Å². The van der Waals surface area contributed by atoms with Crippen LogP contribution in [0.1, 0.15) is 18.0 Å². The summed E-state index contributed by atoms with van der Waals surface area (Å²) < 4.78 is 0. The van der Waals surface area contributed by atoms with Crippen molar-refractivity contribution in [3.05, 3.63) is 30.6 Å². The third kappa shape index (κ3) is 1.91. The molecule has 0 spiro atoms. The third-order valence-corrected chi connectivity index (χ3v) is 1.67. The number of H-pyrrole nitrogens is 1. The zero-order valence-electron chi connectivity index (χ0n) is 6.67. The molecule has 60 valence electrons. The predicted octanol–water partition coefficient (Wildman–Crippen LogP) is 1.25. The van der Waals surface area contributed by atoms with Crippen molar-refractivity contribution in [3.8, 4) is 0 Å². The van der Waals surface area contributed by atoms with Gasteiger partial charge in [0.2, 0.25) is 0 Å². The first-order valence-electron chi connectivity index (χ1n) is 3.65. The average molecular weight is 151 g/mol. The maximum absolute atomic E-state index is 3.87. The monoisotopic (exact) mass is 151 g/mol. The van der Waals surface area contributed by atoms with E-state index in [1.165, 1.54) is 5.56 Å². The van der Waals surface area contributed by atoms with Crippen LogP contribution < -0.4 is 5.32 Å². The van der Waals surface area contributed by atoms with Crippen LogP contribution in [0.15, 0.2) is 25.0 Å². The number of hydrogen-bond acceptors (Lipinski definition) is 2. The van der Waals surface area contributed by atoms with Crippen LogP contribution in [-0.4, -0.2) is 17.2 Å². The Balaban J connectivity index is 2.62. The van der Waals surface area contributed by atoms with Crippen LogP contribution in [0.3, 0.4) is 0 Å². The van der Waals surface area contributed by atoms with E-state index in [1.807, 2.05) is 25.5 Å². The van der Waals surface area contributed by atoms with Crippen molar-refractivity contribution < 1.29 is 0 Å². The molecule has 3 heteroatoms. The highest BCUT2D eigenvalue weighted by Crippen LogP contribution is 2.13. The van der Waals surface area contributed by atoms with Crippen molar-refractivity contribution in [1.82, 2.24) is 15.5 Å². The van der Waals surface area contributed by atoms with Crippen molar-refractivity contribution in [2.24, 2.45) is 0 Å². The van der Waals surface area contributed by atoms with Crippen LogP contribution in [0.2, 0.25) is 0 Å². The molecule has 1 atom stereocenters. The topological polar surface area (TPSA) is 40.7 Å². The van der Waals surface area contributed by atoms with E-state index in [9.17, 15) is 0 Å². The molecule has 1 aromatic heterocycles. The molecule has 3 nitrogen and oxygen atoms in total. The van der Waals surface area contributed by atoms with Crippen molar-refractivity contribution in [2.45, 2.75) is 12.5 Å². The first kappa shape index (κ1) is 8.01. The van der Waals surface area contributed by atoms with E-state index in [0.29, 0.717) is 6.04 Å². The van der Waals surface area contributed by atoms with E-state index in [2.05, 4.69) is 22.1 Å². The number of rotatable bonds is 4. The Hall–Kier alpha value is -1.09. The largest absolute Gasteiger partial charge is 0.313 e. The minimum Gasteiger partial charge on any atom is -0.313 e. The van der Waals surface area contributed by atoms with Crippen molar-refractivity contribution in [3.63, 3.8) is 0 Å². The van der Waals surface area contributed by atoms with Gasteiger partial charge in [0, 0.05) is 17.8 Å². The molecular weight excluding hydrogens is 138 g/mol. The molecule has 0 aliphatic heterocycles. The van der Waals surface area contributed by atoms with E-state index in [-0.39, 0.29) is 0 Å². The zero-order valence-corrected chi connectivity index (χ0v) is 6.67. The van der Waals surface area contributed by atoms with Crippen molar-refractivity contribution in [2.75, 3.05) is 7.05 Å². The Morgan fingerprint density at radius 1 is 1.91 bits per heavy atom. The molecule has 0 amide bonds. The number of aromatic nitrogens is 2. The second kappa shape index (κ2) is 3.93. The summed E-state index contributed by atoms with van der Waals surface area (Å²) >= 11 is 0.